The quantitative estimate of drug-likeness (QED) is 0.849. The van der Waals surface area contributed by atoms with Crippen LogP contribution in [0.4, 0.5) is 0 Å². The molecule has 0 saturated heterocycles. The average Bonchev–Trinajstić information content (AvgIpc) is 2.59. The Morgan fingerprint density at radius 1 is 1.04 bits per heavy atom. The van der Waals surface area contributed by atoms with Crippen molar-refractivity contribution in [3.05, 3.63) is 53.6 Å². The Morgan fingerprint density at radius 2 is 1.70 bits per heavy atom. The number of rotatable bonds is 7. The summed E-state index contributed by atoms with van der Waals surface area (Å²) in [5.41, 5.74) is 2.13. The summed E-state index contributed by atoms with van der Waals surface area (Å²) in [4.78, 5) is 10.5. The van der Waals surface area contributed by atoms with Crippen LogP contribution in [0.25, 0.3) is 0 Å². The Bertz CT molecular complexity index is 664. The maximum absolute atomic E-state index is 10.5. The molecular formula is C18H20O5. The van der Waals surface area contributed by atoms with E-state index >= 15 is 0 Å². The average molecular weight is 316 g/mol. The smallest absolute Gasteiger partial charge is 0.341 e. The molecule has 5 nitrogen and oxygen atoms in total. The van der Waals surface area contributed by atoms with Crippen LogP contribution in [0.1, 0.15) is 24.0 Å². The molecule has 0 saturated carbocycles. The highest BCUT2D eigenvalue weighted by molar-refractivity contribution is 5.68. The monoisotopic (exact) mass is 316 g/mol. The van der Waals surface area contributed by atoms with E-state index in [-0.39, 0.29) is 12.5 Å². The fourth-order valence-electron chi connectivity index (χ4n) is 2.35. The van der Waals surface area contributed by atoms with Crippen LogP contribution in [0.5, 0.6) is 17.2 Å². The van der Waals surface area contributed by atoms with Gasteiger partial charge in [-0.2, -0.15) is 0 Å². The van der Waals surface area contributed by atoms with E-state index in [0.29, 0.717) is 5.75 Å². The van der Waals surface area contributed by atoms with E-state index in [2.05, 4.69) is 6.92 Å². The molecule has 1 atom stereocenters. The highest BCUT2D eigenvalue weighted by Crippen LogP contribution is 2.34. The van der Waals surface area contributed by atoms with Gasteiger partial charge < -0.3 is 19.3 Å². The topological polar surface area (TPSA) is 65.0 Å². The third-order valence-corrected chi connectivity index (χ3v) is 3.65. The van der Waals surface area contributed by atoms with E-state index in [0.717, 1.165) is 22.6 Å². The number of hydrogen-bond acceptors (Lipinski definition) is 4. The van der Waals surface area contributed by atoms with Crippen LogP contribution >= 0.6 is 0 Å². The van der Waals surface area contributed by atoms with Gasteiger partial charge in [-0.05, 0) is 23.8 Å². The SMILES string of the molecule is COc1ccc(C(C)c2ccc(OCC(=O)O)cc2)c(OC)c1. The van der Waals surface area contributed by atoms with Gasteiger partial charge in [-0.25, -0.2) is 4.79 Å². The van der Waals surface area contributed by atoms with Crippen molar-refractivity contribution in [2.75, 3.05) is 20.8 Å². The van der Waals surface area contributed by atoms with Crippen molar-refractivity contribution in [3.8, 4) is 17.2 Å². The molecule has 0 spiro atoms. The minimum absolute atomic E-state index is 0.115. The molecule has 0 bridgehead atoms. The molecule has 2 aromatic rings. The minimum atomic E-state index is -0.995. The van der Waals surface area contributed by atoms with Gasteiger partial charge in [-0.3, -0.25) is 0 Å². The second kappa shape index (κ2) is 7.54. The van der Waals surface area contributed by atoms with Crippen LogP contribution in [0.2, 0.25) is 0 Å². The fourth-order valence-corrected chi connectivity index (χ4v) is 2.35. The van der Waals surface area contributed by atoms with Gasteiger partial charge in [-0.15, -0.1) is 0 Å². The standard InChI is InChI=1S/C18H20O5/c1-12(16-9-8-15(21-2)10-17(16)22-3)13-4-6-14(7-5-13)23-11-18(19)20/h4-10,12H,11H2,1-3H3,(H,19,20). The maximum atomic E-state index is 10.5. The van der Waals surface area contributed by atoms with Gasteiger partial charge in [0.25, 0.3) is 0 Å². The van der Waals surface area contributed by atoms with Crippen LogP contribution in [-0.2, 0) is 4.79 Å². The number of aliphatic carboxylic acids is 1. The third kappa shape index (κ3) is 4.16. The molecule has 0 aliphatic carbocycles. The molecule has 23 heavy (non-hydrogen) atoms. The van der Waals surface area contributed by atoms with Crippen LogP contribution in [0.3, 0.4) is 0 Å². The van der Waals surface area contributed by atoms with E-state index in [4.69, 9.17) is 19.3 Å². The van der Waals surface area contributed by atoms with Crippen molar-refractivity contribution in [1.29, 1.82) is 0 Å². The van der Waals surface area contributed by atoms with Crippen molar-refractivity contribution in [1.82, 2.24) is 0 Å². The van der Waals surface area contributed by atoms with Crippen LogP contribution < -0.4 is 14.2 Å². The first-order valence-electron chi connectivity index (χ1n) is 7.21. The summed E-state index contributed by atoms with van der Waals surface area (Å²) in [7, 11) is 3.25. The Labute approximate surface area is 135 Å². The lowest BCUT2D eigenvalue weighted by molar-refractivity contribution is -0.139. The van der Waals surface area contributed by atoms with Gasteiger partial charge in [0, 0.05) is 17.5 Å². The zero-order valence-corrected chi connectivity index (χ0v) is 13.4. The summed E-state index contributed by atoms with van der Waals surface area (Å²) >= 11 is 0. The third-order valence-electron chi connectivity index (χ3n) is 3.65. The van der Waals surface area contributed by atoms with Crippen molar-refractivity contribution >= 4 is 5.97 Å². The maximum Gasteiger partial charge on any atom is 0.341 e. The second-order valence-electron chi connectivity index (χ2n) is 5.08. The summed E-state index contributed by atoms with van der Waals surface area (Å²) in [6, 6.07) is 13.1. The highest BCUT2D eigenvalue weighted by atomic mass is 16.5. The highest BCUT2D eigenvalue weighted by Gasteiger charge is 2.14. The number of hydrogen-bond donors (Lipinski definition) is 1. The molecular weight excluding hydrogens is 296 g/mol. The molecule has 5 heteroatoms. The summed E-state index contributed by atoms with van der Waals surface area (Å²) in [6.07, 6.45) is 0. The van der Waals surface area contributed by atoms with E-state index in [1.165, 1.54) is 0 Å². The summed E-state index contributed by atoms with van der Waals surface area (Å²) in [5, 5.41) is 8.62. The Morgan fingerprint density at radius 3 is 2.26 bits per heavy atom. The molecule has 1 unspecified atom stereocenters. The lowest BCUT2D eigenvalue weighted by Gasteiger charge is -2.17. The second-order valence-corrected chi connectivity index (χ2v) is 5.08. The number of ether oxygens (including phenoxy) is 3. The molecule has 2 aromatic carbocycles. The summed E-state index contributed by atoms with van der Waals surface area (Å²) < 4.78 is 15.8. The van der Waals surface area contributed by atoms with Gasteiger partial charge in [0.15, 0.2) is 6.61 Å². The van der Waals surface area contributed by atoms with Gasteiger partial charge in [-0.1, -0.05) is 25.1 Å². The number of carbonyl (C=O) groups is 1. The van der Waals surface area contributed by atoms with E-state index in [1.807, 2.05) is 30.3 Å². The van der Waals surface area contributed by atoms with Gasteiger partial charge in [0.1, 0.15) is 17.2 Å². The minimum Gasteiger partial charge on any atom is -0.497 e. The molecule has 0 radical (unpaired) electrons. The van der Waals surface area contributed by atoms with Crippen LogP contribution in [0, 0.1) is 0 Å². The number of methoxy groups -OCH3 is 2. The first-order chi connectivity index (χ1) is 11.0. The van der Waals surface area contributed by atoms with E-state index in [9.17, 15) is 4.79 Å². The van der Waals surface area contributed by atoms with Crippen LogP contribution in [-0.4, -0.2) is 31.9 Å². The van der Waals surface area contributed by atoms with Crippen LogP contribution in [0.15, 0.2) is 42.5 Å². The number of carboxylic acids is 1. The first-order valence-corrected chi connectivity index (χ1v) is 7.21. The fraction of sp³-hybridized carbons (Fsp3) is 0.278. The van der Waals surface area contributed by atoms with Gasteiger partial charge in [0.2, 0.25) is 0 Å². The predicted molar refractivity (Wildman–Crippen MR) is 86.6 cm³/mol. The van der Waals surface area contributed by atoms with E-state index < -0.39 is 5.97 Å². The Balaban J connectivity index is 2.19. The largest absolute Gasteiger partial charge is 0.497 e. The van der Waals surface area contributed by atoms with Gasteiger partial charge in [0.05, 0.1) is 14.2 Å². The summed E-state index contributed by atoms with van der Waals surface area (Å²) in [6.45, 7) is 1.73. The van der Waals surface area contributed by atoms with E-state index in [1.54, 1.807) is 26.4 Å². The molecule has 122 valence electrons. The molecule has 0 amide bonds. The first kappa shape index (κ1) is 16.7. The van der Waals surface area contributed by atoms with Crippen molar-refractivity contribution in [2.24, 2.45) is 0 Å². The molecule has 0 aliphatic heterocycles. The zero-order valence-electron chi connectivity index (χ0n) is 13.4. The normalized spacial score (nSPS) is 11.6. The zero-order chi connectivity index (χ0) is 16.8. The number of carboxylic acid groups (broad SMARTS) is 1. The van der Waals surface area contributed by atoms with Crippen molar-refractivity contribution < 1.29 is 24.1 Å². The molecule has 0 aromatic heterocycles. The molecule has 2 rings (SSSR count). The number of benzene rings is 2. The molecule has 0 heterocycles. The Kier molecular flexibility index (Phi) is 5.46. The van der Waals surface area contributed by atoms with Crippen molar-refractivity contribution in [2.45, 2.75) is 12.8 Å². The Hall–Kier alpha value is -2.69. The summed E-state index contributed by atoms with van der Waals surface area (Å²) in [5.74, 6) is 1.16. The molecule has 1 N–H and O–H groups in total. The van der Waals surface area contributed by atoms with Crippen molar-refractivity contribution in [3.63, 3.8) is 0 Å². The lowest BCUT2D eigenvalue weighted by atomic mass is 9.92. The van der Waals surface area contributed by atoms with Gasteiger partial charge >= 0.3 is 5.97 Å². The molecule has 0 fully saturated rings. The lowest BCUT2D eigenvalue weighted by Crippen LogP contribution is -2.09. The predicted octanol–water partition coefficient (Wildman–Crippen LogP) is 3.32. The molecule has 0 aliphatic rings.